The van der Waals surface area contributed by atoms with Gasteiger partial charge in [0.2, 0.25) is 0 Å². The number of hydrogen-bond donors (Lipinski definition) is 0. The molecule has 0 aliphatic heterocycles. The minimum atomic E-state index is 0.719. The molecule has 0 fully saturated rings. The lowest BCUT2D eigenvalue weighted by atomic mass is 10.1. The number of rotatable bonds is 5. The van der Waals surface area contributed by atoms with Gasteiger partial charge in [0.05, 0.1) is 27.1 Å². The Kier molecular flexibility index (Phi) is 6.32. The molecule has 216 valence electrons. The fourth-order valence-corrected chi connectivity index (χ4v) is 7.61. The number of thiophene rings is 1. The molecule has 0 amide bonds. The minimum absolute atomic E-state index is 0.719. The second-order valence-electron chi connectivity index (χ2n) is 11.5. The van der Waals surface area contributed by atoms with Gasteiger partial charge in [0.1, 0.15) is 0 Å². The Balaban J connectivity index is 1.26. The Morgan fingerprint density at radius 3 is 1.63 bits per heavy atom. The molecule has 4 heteroatoms. The van der Waals surface area contributed by atoms with Crippen LogP contribution in [0.1, 0.15) is 0 Å². The number of benzene rings is 6. The van der Waals surface area contributed by atoms with Gasteiger partial charge in [-0.05, 0) is 53.6 Å². The molecule has 6 aromatic carbocycles. The number of hydrogen-bond acceptors (Lipinski definition) is 3. The lowest BCUT2D eigenvalue weighted by Gasteiger charge is -2.11. The van der Waals surface area contributed by atoms with Crippen LogP contribution in [0.2, 0.25) is 0 Å². The third-order valence-corrected chi connectivity index (χ3v) is 9.82. The summed E-state index contributed by atoms with van der Waals surface area (Å²) >= 11 is 1.85. The third-order valence-electron chi connectivity index (χ3n) is 8.63. The van der Waals surface area contributed by atoms with Crippen LogP contribution in [-0.4, -0.2) is 14.5 Å². The average Bonchev–Trinajstić information content (AvgIpc) is 3.67. The first-order valence-corrected chi connectivity index (χ1v) is 16.2. The smallest absolute Gasteiger partial charge is 0.160 e. The van der Waals surface area contributed by atoms with Crippen LogP contribution >= 0.6 is 11.3 Å². The highest BCUT2D eigenvalue weighted by molar-refractivity contribution is 7.26. The van der Waals surface area contributed by atoms with Crippen molar-refractivity contribution in [3.05, 3.63) is 164 Å². The zero-order valence-electron chi connectivity index (χ0n) is 24.8. The first kappa shape index (κ1) is 26.6. The Morgan fingerprint density at radius 2 is 0.978 bits per heavy atom. The van der Waals surface area contributed by atoms with Gasteiger partial charge in [0.25, 0.3) is 0 Å². The molecule has 0 spiro atoms. The van der Waals surface area contributed by atoms with Crippen molar-refractivity contribution in [3.8, 4) is 50.7 Å². The summed E-state index contributed by atoms with van der Waals surface area (Å²) in [4.78, 5) is 10.2. The molecule has 0 N–H and O–H groups in total. The van der Waals surface area contributed by atoms with Crippen molar-refractivity contribution in [2.45, 2.75) is 0 Å². The Labute approximate surface area is 270 Å². The van der Waals surface area contributed by atoms with Crippen LogP contribution in [-0.2, 0) is 0 Å². The molecule has 0 aliphatic carbocycles. The van der Waals surface area contributed by atoms with Gasteiger partial charge in [0, 0.05) is 37.9 Å². The topological polar surface area (TPSA) is 30.7 Å². The van der Waals surface area contributed by atoms with E-state index in [0.717, 1.165) is 39.6 Å². The predicted molar refractivity (Wildman–Crippen MR) is 193 cm³/mol. The van der Waals surface area contributed by atoms with Gasteiger partial charge in [0.15, 0.2) is 5.82 Å². The molecule has 3 heterocycles. The van der Waals surface area contributed by atoms with Crippen molar-refractivity contribution in [2.75, 3.05) is 0 Å². The normalized spacial score (nSPS) is 11.5. The molecule has 0 unspecified atom stereocenters. The third kappa shape index (κ3) is 4.50. The standard InChI is InChI=1S/C42H27N3S/c1-4-12-28(13-5-1)29-20-23-33(24-21-29)45-38-25-22-32(26-35(38)41-40(45)34-18-10-11-19-39(34)46-41)42-43-36(30-14-6-2-7-15-30)27-37(44-42)31-16-8-3-9-17-31/h1-27H. The van der Waals surface area contributed by atoms with Gasteiger partial charge in [-0.25, -0.2) is 9.97 Å². The van der Waals surface area contributed by atoms with Crippen LogP contribution in [0.25, 0.3) is 81.9 Å². The first-order valence-electron chi connectivity index (χ1n) is 15.4. The van der Waals surface area contributed by atoms with E-state index in [1.54, 1.807) is 0 Å². The van der Waals surface area contributed by atoms with Gasteiger partial charge < -0.3 is 4.57 Å². The van der Waals surface area contributed by atoms with Crippen LogP contribution in [0.5, 0.6) is 0 Å². The molecule has 3 nitrogen and oxygen atoms in total. The SMILES string of the molecule is c1ccc(-c2ccc(-n3c4ccc(-c5nc(-c6ccccc6)cc(-c6ccccc6)n5)cc4c4sc5ccccc5c43)cc2)cc1. The summed E-state index contributed by atoms with van der Waals surface area (Å²) in [5.41, 5.74) is 10.9. The summed E-state index contributed by atoms with van der Waals surface area (Å²) in [6.45, 7) is 0. The summed E-state index contributed by atoms with van der Waals surface area (Å²) < 4.78 is 4.97. The van der Waals surface area contributed by atoms with Crippen LogP contribution in [0, 0.1) is 0 Å². The number of aromatic nitrogens is 3. The van der Waals surface area contributed by atoms with Crippen LogP contribution in [0.3, 0.4) is 0 Å². The lowest BCUT2D eigenvalue weighted by molar-refractivity contribution is 1.18. The predicted octanol–water partition coefficient (Wildman–Crippen LogP) is 11.5. The fraction of sp³-hybridized carbons (Fsp3) is 0. The van der Waals surface area contributed by atoms with Crippen LogP contribution in [0.15, 0.2) is 164 Å². The lowest BCUT2D eigenvalue weighted by Crippen LogP contribution is -1.96. The number of nitrogens with zero attached hydrogens (tertiary/aromatic N) is 3. The van der Waals surface area contributed by atoms with Gasteiger partial charge in [-0.1, -0.05) is 121 Å². The summed E-state index contributed by atoms with van der Waals surface area (Å²) in [7, 11) is 0. The maximum atomic E-state index is 5.12. The zero-order valence-corrected chi connectivity index (χ0v) is 25.7. The minimum Gasteiger partial charge on any atom is -0.308 e. The number of fused-ring (bicyclic) bond motifs is 5. The molecule has 3 aromatic heterocycles. The summed E-state index contributed by atoms with van der Waals surface area (Å²) in [5.74, 6) is 0.719. The second kappa shape index (κ2) is 11.0. The van der Waals surface area contributed by atoms with E-state index < -0.39 is 0 Å². The van der Waals surface area contributed by atoms with Crippen molar-refractivity contribution >= 4 is 42.5 Å². The maximum absolute atomic E-state index is 5.12. The van der Waals surface area contributed by atoms with E-state index in [-0.39, 0.29) is 0 Å². The average molecular weight is 606 g/mol. The van der Waals surface area contributed by atoms with Crippen molar-refractivity contribution < 1.29 is 0 Å². The van der Waals surface area contributed by atoms with Crippen molar-refractivity contribution in [2.24, 2.45) is 0 Å². The Bertz CT molecular complexity index is 2440. The highest BCUT2D eigenvalue weighted by Crippen LogP contribution is 2.43. The molecule has 0 saturated carbocycles. The summed E-state index contributed by atoms with van der Waals surface area (Å²) in [6.07, 6.45) is 0. The first-order chi connectivity index (χ1) is 22.8. The molecule has 0 radical (unpaired) electrons. The molecule has 0 saturated heterocycles. The van der Waals surface area contributed by atoms with E-state index in [0.29, 0.717) is 0 Å². The fourth-order valence-electron chi connectivity index (χ4n) is 6.40. The maximum Gasteiger partial charge on any atom is 0.160 e. The summed E-state index contributed by atoms with van der Waals surface area (Å²) in [6, 6.07) is 57.7. The molecule has 0 bridgehead atoms. The van der Waals surface area contributed by atoms with Crippen molar-refractivity contribution in [1.29, 1.82) is 0 Å². The quantitative estimate of drug-likeness (QED) is 0.195. The van der Waals surface area contributed by atoms with Gasteiger partial charge in [-0.3, -0.25) is 0 Å². The highest BCUT2D eigenvalue weighted by Gasteiger charge is 2.19. The monoisotopic (exact) mass is 605 g/mol. The van der Waals surface area contributed by atoms with Crippen LogP contribution < -0.4 is 0 Å². The Hall–Kier alpha value is -5.84. The van der Waals surface area contributed by atoms with Gasteiger partial charge in [-0.2, -0.15) is 0 Å². The zero-order chi connectivity index (χ0) is 30.5. The molecule has 0 atom stereocenters. The van der Waals surface area contributed by atoms with E-state index in [2.05, 4.69) is 156 Å². The largest absolute Gasteiger partial charge is 0.308 e. The molecule has 9 aromatic rings. The molecule has 9 rings (SSSR count). The molecule has 46 heavy (non-hydrogen) atoms. The van der Waals surface area contributed by atoms with Crippen molar-refractivity contribution in [3.63, 3.8) is 0 Å². The van der Waals surface area contributed by atoms with E-state index in [1.165, 1.54) is 42.3 Å². The Morgan fingerprint density at radius 1 is 0.435 bits per heavy atom. The van der Waals surface area contributed by atoms with Gasteiger partial charge in [-0.15, -0.1) is 11.3 Å². The van der Waals surface area contributed by atoms with E-state index >= 15 is 0 Å². The molecule has 0 aliphatic rings. The second-order valence-corrected chi connectivity index (χ2v) is 12.5. The van der Waals surface area contributed by atoms with E-state index in [4.69, 9.17) is 9.97 Å². The molecular weight excluding hydrogens is 579 g/mol. The van der Waals surface area contributed by atoms with E-state index in [1.807, 2.05) is 23.5 Å². The van der Waals surface area contributed by atoms with Crippen molar-refractivity contribution in [1.82, 2.24) is 14.5 Å². The summed E-state index contributed by atoms with van der Waals surface area (Å²) in [5, 5.41) is 2.47. The molecular formula is C42H27N3S. The van der Waals surface area contributed by atoms with Gasteiger partial charge >= 0.3 is 0 Å². The van der Waals surface area contributed by atoms with Crippen LogP contribution in [0.4, 0.5) is 0 Å². The van der Waals surface area contributed by atoms with E-state index in [9.17, 15) is 0 Å². The highest BCUT2D eigenvalue weighted by atomic mass is 32.1.